The van der Waals surface area contributed by atoms with Crippen molar-refractivity contribution in [1.82, 2.24) is 4.98 Å². The van der Waals surface area contributed by atoms with Crippen LogP contribution in [-0.2, 0) is 0 Å². The van der Waals surface area contributed by atoms with Gasteiger partial charge in [0.25, 0.3) is 0 Å². The molecule has 1 aromatic heterocycles. The Bertz CT molecular complexity index is 587. The summed E-state index contributed by atoms with van der Waals surface area (Å²) in [5.41, 5.74) is 2.01. The fourth-order valence-electron chi connectivity index (χ4n) is 1.87. The van der Waals surface area contributed by atoms with Crippen LogP contribution in [0.5, 0.6) is 0 Å². The van der Waals surface area contributed by atoms with Crippen LogP contribution >= 0.6 is 24.2 Å². The molecule has 0 unspecified atom stereocenters. The van der Waals surface area contributed by atoms with Gasteiger partial charge in [-0.3, -0.25) is 0 Å². The third-order valence-corrected chi connectivity index (χ3v) is 3.77. The molecule has 0 bridgehead atoms. The molecule has 1 heterocycles. The number of aromatic nitrogens is 1. The molecular formula is C14H14ClN2NaS. The Labute approximate surface area is 145 Å². The molecule has 1 aliphatic carbocycles. The molecular weight excluding hydrogens is 287 g/mol. The third kappa shape index (κ3) is 3.47. The van der Waals surface area contributed by atoms with Crippen molar-refractivity contribution in [3.63, 3.8) is 0 Å². The Morgan fingerprint density at radius 2 is 1.89 bits per heavy atom. The Balaban J connectivity index is 0.00000133. The second-order valence-electron chi connectivity index (χ2n) is 4.46. The molecule has 0 spiro atoms. The maximum absolute atomic E-state index is 6.43. The second-order valence-corrected chi connectivity index (χ2v) is 5.32. The van der Waals surface area contributed by atoms with Gasteiger partial charge >= 0.3 is 29.6 Å². The van der Waals surface area contributed by atoms with Crippen LogP contribution in [0.25, 0.3) is 11.1 Å². The van der Waals surface area contributed by atoms with E-state index in [1.165, 1.54) is 12.8 Å². The SMILES string of the molecule is Sc1ccccc1-c1ccnc(NC2CC2)c1Cl.[NaH]. The zero-order valence-electron chi connectivity index (χ0n) is 9.73. The zero-order chi connectivity index (χ0) is 12.5. The maximum atomic E-state index is 6.43. The average molecular weight is 301 g/mol. The Kier molecular flexibility index (Phi) is 5.21. The standard InChI is InChI=1S/C14H13ClN2S.Na.H/c15-13-11(10-3-1-2-4-12(10)18)7-8-16-14(13)17-9-5-6-9;;/h1-4,7-9,18H,5-6H2,(H,16,17);;. The normalized spacial score (nSPS) is 13.8. The van der Waals surface area contributed by atoms with Gasteiger partial charge in [0.1, 0.15) is 5.82 Å². The molecule has 1 aliphatic rings. The number of hydrogen-bond acceptors (Lipinski definition) is 3. The van der Waals surface area contributed by atoms with Gasteiger partial charge in [-0.2, -0.15) is 0 Å². The van der Waals surface area contributed by atoms with Gasteiger partial charge in [-0.15, -0.1) is 12.6 Å². The van der Waals surface area contributed by atoms with Crippen LogP contribution in [0.3, 0.4) is 0 Å². The van der Waals surface area contributed by atoms with E-state index in [2.05, 4.69) is 22.9 Å². The molecule has 94 valence electrons. The van der Waals surface area contributed by atoms with Gasteiger partial charge in [0, 0.05) is 22.7 Å². The van der Waals surface area contributed by atoms with Crippen molar-refractivity contribution in [3.05, 3.63) is 41.6 Å². The predicted octanol–water partition coefficient (Wildman–Crippen LogP) is 3.62. The van der Waals surface area contributed by atoms with Gasteiger partial charge < -0.3 is 5.32 Å². The third-order valence-electron chi connectivity index (χ3n) is 3.00. The van der Waals surface area contributed by atoms with Crippen molar-refractivity contribution < 1.29 is 0 Å². The molecule has 5 heteroatoms. The van der Waals surface area contributed by atoms with Crippen LogP contribution in [-0.4, -0.2) is 40.6 Å². The number of hydrogen-bond donors (Lipinski definition) is 2. The molecule has 0 atom stereocenters. The van der Waals surface area contributed by atoms with E-state index in [4.69, 9.17) is 11.6 Å². The summed E-state index contributed by atoms with van der Waals surface area (Å²) in [7, 11) is 0. The van der Waals surface area contributed by atoms with Gasteiger partial charge in [-0.25, -0.2) is 4.98 Å². The van der Waals surface area contributed by atoms with Gasteiger partial charge in [-0.1, -0.05) is 29.8 Å². The summed E-state index contributed by atoms with van der Waals surface area (Å²) in [4.78, 5) is 5.23. The topological polar surface area (TPSA) is 24.9 Å². The van der Waals surface area contributed by atoms with E-state index in [0.717, 1.165) is 21.8 Å². The van der Waals surface area contributed by atoms with Gasteiger partial charge in [-0.05, 0) is 30.5 Å². The first-order valence-electron chi connectivity index (χ1n) is 5.95. The summed E-state index contributed by atoms with van der Waals surface area (Å²) in [5, 5.41) is 4.02. The number of nitrogens with zero attached hydrogens (tertiary/aromatic N) is 1. The van der Waals surface area contributed by atoms with Crippen molar-refractivity contribution in [2.45, 2.75) is 23.8 Å². The monoisotopic (exact) mass is 300 g/mol. The first kappa shape index (κ1) is 15.2. The number of halogens is 1. The van der Waals surface area contributed by atoms with E-state index in [1.807, 2.05) is 30.3 Å². The molecule has 3 rings (SSSR count). The fourth-order valence-corrected chi connectivity index (χ4v) is 2.42. The minimum absolute atomic E-state index is 0. The average Bonchev–Trinajstić information content (AvgIpc) is 3.17. The second kappa shape index (κ2) is 6.51. The molecule has 1 saturated carbocycles. The molecule has 2 aromatic rings. The van der Waals surface area contributed by atoms with Crippen molar-refractivity contribution in [2.75, 3.05) is 5.32 Å². The summed E-state index contributed by atoms with van der Waals surface area (Å²) < 4.78 is 0. The minimum atomic E-state index is 0. The van der Waals surface area contributed by atoms with Crippen molar-refractivity contribution in [3.8, 4) is 11.1 Å². The summed E-state index contributed by atoms with van der Waals surface area (Å²) in [6, 6.07) is 10.4. The Morgan fingerprint density at radius 3 is 2.58 bits per heavy atom. The number of rotatable bonds is 3. The van der Waals surface area contributed by atoms with Gasteiger partial charge in [0.15, 0.2) is 0 Å². The Hall–Kier alpha value is -0.190. The molecule has 0 saturated heterocycles. The summed E-state index contributed by atoms with van der Waals surface area (Å²) >= 11 is 10.9. The molecule has 0 aliphatic heterocycles. The van der Waals surface area contributed by atoms with E-state index in [1.54, 1.807) is 6.20 Å². The van der Waals surface area contributed by atoms with Crippen LogP contribution in [0.1, 0.15) is 12.8 Å². The van der Waals surface area contributed by atoms with Gasteiger partial charge in [0.05, 0.1) is 5.02 Å². The summed E-state index contributed by atoms with van der Waals surface area (Å²) in [6.45, 7) is 0. The Morgan fingerprint density at radius 1 is 1.16 bits per heavy atom. The molecule has 2 nitrogen and oxygen atoms in total. The molecule has 19 heavy (non-hydrogen) atoms. The molecule has 1 fully saturated rings. The van der Waals surface area contributed by atoms with E-state index in [0.29, 0.717) is 11.1 Å². The van der Waals surface area contributed by atoms with E-state index in [-0.39, 0.29) is 29.6 Å². The molecule has 1 N–H and O–H groups in total. The zero-order valence-corrected chi connectivity index (χ0v) is 11.4. The number of pyridine rings is 1. The first-order chi connectivity index (χ1) is 8.75. The van der Waals surface area contributed by atoms with Crippen LogP contribution < -0.4 is 5.32 Å². The summed E-state index contributed by atoms with van der Waals surface area (Å²) in [6.07, 6.45) is 4.18. The number of benzene rings is 1. The fraction of sp³-hybridized carbons (Fsp3) is 0.214. The summed E-state index contributed by atoms with van der Waals surface area (Å²) in [5.74, 6) is 0.772. The van der Waals surface area contributed by atoms with Crippen molar-refractivity contribution >= 4 is 59.6 Å². The van der Waals surface area contributed by atoms with Crippen molar-refractivity contribution in [1.29, 1.82) is 0 Å². The predicted molar refractivity (Wildman–Crippen MR) is 85.7 cm³/mol. The van der Waals surface area contributed by atoms with Crippen LogP contribution in [0.2, 0.25) is 5.02 Å². The quantitative estimate of drug-likeness (QED) is 0.668. The van der Waals surface area contributed by atoms with Crippen molar-refractivity contribution in [2.24, 2.45) is 0 Å². The van der Waals surface area contributed by atoms with Crippen LogP contribution in [0.4, 0.5) is 5.82 Å². The van der Waals surface area contributed by atoms with Gasteiger partial charge in [0.2, 0.25) is 0 Å². The first-order valence-corrected chi connectivity index (χ1v) is 6.77. The number of anilines is 1. The van der Waals surface area contributed by atoms with E-state index < -0.39 is 0 Å². The van der Waals surface area contributed by atoms with E-state index in [9.17, 15) is 0 Å². The molecule has 0 radical (unpaired) electrons. The molecule has 1 aromatic carbocycles. The number of thiol groups is 1. The van der Waals surface area contributed by atoms with Crippen LogP contribution in [0, 0.1) is 0 Å². The van der Waals surface area contributed by atoms with Crippen LogP contribution in [0.15, 0.2) is 41.4 Å². The molecule has 0 amide bonds. The van der Waals surface area contributed by atoms with E-state index >= 15 is 0 Å². The number of nitrogens with one attached hydrogen (secondary N) is 1.